The molecule has 0 saturated heterocycles. The number of carbonyl (C=O) groups is 4. The second-order valence-electron chi connectivity index (χ2n) is 6.26. The molecule has 7 heteroatoms. The van der Waals surface area contributed by atoms with Gasteiger partial charge in [-0.15, -0.1) is 0 Å². The summed E-state index contributed by atoms with van der Waals surface area (Å²) in [6.45, 7) is 11.7. The Labute approximate surface area is 184 Å². The topological polar surface area (TPSA) is 96.0 Å². The van der Waals surface area contributed by atoms with Gasteiger partial charge >= 0.3 is 17.9 Å². The lowest BCUT2D eigenvalue weighted by Gasteiger charge is -2.09. The van der Waals surface area contributed by atoms with Crippen LogP contribution in [-0.4, -0.2) is 23.7 Å². The van der Waals surface area contributed by atoms with Gasteiger partial charge in [0.05, 0.1) is 0 Å². The van der Waals surface area contributed by atoms with Crippen molar-refractivity contribution in [2.75, 3.05) is 0 Å². The molecule has 0 amide bonds. The van der Waals surface area contributed by atoms with Crippen molar-refractivity contribution in [3.8, 4) is 17.2 Å². The van der Waals surface area contributed by atoms with Crippen molar-refractivity contribution < 1.29 is 33.4 Å². The quantitative estimate of drug-likeness (QED) is 0.254. The second kappa shape index (κ2) is 11.0. The first kappa shape index (κ1) is 23.8. The number of rotatable bonds is 9. The van der Waals surface area contributed by atoms with Gasteiger partial charge in [-0.3, -0.25) is 4.79 Å². The molecule has 0 aromatic heterocycles. The van der Waals surface area contributed by atoms with Gasteiger partial charge in [-0.1, -0.05) is 31.9 Å². The normalized spacial score (nSPS) is 10.2. The fraction of sp³-hybridized carbons (Fsp3) is 0.0400. The summed E-state index contributed by atoms with van der Waals surface area (Å²) in [4.78, 5) is 47.0. The molecule has 2 aromatic carbocycles. The number of hydrogen-bond donors (Lipinski definition) is 0. The molecular formula is C25H20O7. The Bertz CT molecular complexity index is 1140. The average Bonchev–Trinajstić information content (AvgIpc) is 2.78. The predicted octanol–water partition coefficient (Wildman–Crippen LogP) is 4.17. The number of allylic oxidation sites excluding steroid dienone is 1. The number of esters is 3. The van der Waals surface area contributed by atoms with Gasteiger partial charge in [0.15, 0.2) is 17.3 Å². The number of ether oxygens (including phenoxy) is 3. The molecule has 32 heavy (non-hydrogen) atoms. The van der Waals surface area contributed by atoms with Crippen LogP contribution in [0, 0.1) is 6.92 Å². The number of carbonyl (C=O) groups excluding carboxylic acids is 4. The van der Waals surface area contributed by atoms with Crippen LogP contribution < -0.4 is 14.2 Å². The molecule has 0 N–H and O–H groups in total. The van der Waals surface area contributed by atoms with Crippen molar-refractivity contribution in [1.82, 2.24) is 0 Å². The molecule has 0 bridgehead atoms. The Hall–Kier alpha value is -4.52. The van der Waals surface area contributed by atoms with Gasteiger partial charge in [0.2, 0.25) is 0 Å². The minimum atomic E-state index is -0.744. The lowest BCUT2D eigenvalue weighted by atomic mass is 10.0. The van der Waals surface area contributed by atoms with Crippen LogP contribution in [0.5, 0.6) is 17.2 Å². The third kappa shape index (κ3) is 6.50. The summed E-state index contributed by atoms with van der Waals surface area (Å²) in [5, 5.41) is 0. The van der Waals surface area contributed by atoms with Crippen molar-refractivity contribution in [3.05, 3.63) is 97.1 Å². The van der Waals surface area contributed by atoms with Crippen molar-refractivity contribution in [1.29, 1.82) is 0 Å². The molecule has 0 fully saturated rings. The maximum atomic E-state index is 12.6. The maximum Gasteiger partial charge on any atom is 0.335 e. The molecular weight excluding hydrogens is 412 g/mol. The molecule has 0 aliphatic heterocycles. The summed E-state index contributed by atoms with van der Waals surface area (Å²) in [5.41, 5.74) is 1.54. The second-order valence-corrected chi connectivity index (χ2v) is 6.26. The minimum Gasteiger partial charge on any atom is -0.423 e. The SMILES string of the molecule is C=CC(=O)Oc1ccc(C(=O)C=Cc2ccc(OC(=O)C=C)c(OC(=O)C=C)c2)c(C)c1. The Kier molecular flexibility index (Phi) is 8.19. The smallest absolute Gasteiger partial charge is 0.335 e. The van der Waals surface area contributed by atoms with E-state index in [-0.39, 0.29) is 17.3 Å². The Morgan fingerprint density at radius 2 is 1.34 bits per heavy atom. The standard InChI is InChI=1S/C25H20O7/c1-5-23(27)30-18-10-11-19(16(4)14-18)20(26)12-8-17-9-13-21(31-24(28)6-2)22(15-17)32-25(29)7-3/h5-15H,1-3H2,4H3. The van der Waals surface area contributed by atoms with Gasteiger partial charge in [-0.2, -0.15) is 0 Å². The Morgan fingerprint density at radius 1 is 0.750 bits per heavy atom. The van der Waals surface area contributed by atoms with E-state index in [1.807, 2.05) is 0 Å². The molecule has 2 rings (SSSR count). The summed E-state index contributed by atoms with van der Waals surface area (Å²) in [7, 11) is 0. The molecule has 0 unspecified atom stereocenters. The van der Waals surface area contributed by atoms with E-state index in [0.29, 0.717) is 22.4 Å². The van der Waals surface area contributed by atoms with E-state index >= 15 is 0 Å². The highest BCUT2D eigenvalue weighted by molar-refractivity contribution is 6.08. The first-order valence-electron chi connectivity index (χ1n) is 9.27. The largest absolute Gasteiger partial charge is 0.423 e. The van der Waals surface area contributed by atoms with Crippen LogP contribution in [0.4, 0.5) is 0 Å². The average molecular weight is 432 g/mol. The molecule has 0 saturated carbocycles. The monoisotopic (exact) mass is 432 g/mol. The Balaban J connectivity index is 2.26. The van der Waals surface area contributed by atoms with Crippen molar-refractivity contribution in [2.24, 2.45) is 0 Å². The van der Waals surface area contributed by atoms with Crippen LogP contribution in [-0.2, 0) is 14.4 Å². The number of ketones is 1. The van der Waals surface area contributed by atoms with E-state index in [1.54, 1.807) is 25.1 Å². The van der Waals surface area contributed by atoms with Crippen LogP contribution in [0.25, 0.3) is 6.08 Å². The molecule has 0 heterocycles. The van der Waals surface area contributed by atoms with Gasteiger partial charge in [0.1, 0.15) is 5.75 Å². The van der Waals surface area contributed by atoms with Crippen molar-refractivity contribution >= 4 is 29.8 Å². The first-order valence-corrected chi connectivity index (χ1v) is 9.27. The molecule has 0 spiro atoms. The highest BCUT2D eigenvalue weighted by atomic mass is 16.6. The van der Waals surface area contributed by atoms with E-state index in [0.717, 1.165) is 18.2 Å². The predicted molar refractivity (Wildman–Crippen MR) is 118 cm³/mol. The molecule has 2 aromatic rings. The summed E-state index contributed by atoms with van der Waals surface area (Å²) < 4.78 is 15.2. The highest BCUT2D eigenvalue weighted by Gasteiger charge is 2.13. The molecule has 162 valence electrons. The lowest BCUT2D eigenvalue weighted by Crippen LogP contribution is -2.08. The van der Waals surface area contributed by atoms with Gasteiger partial charge < -0.3 is 14.2 Å². The highest BCUT2D eigenvalue weighted by Crippen LogP contribution is 2.29. The molecule has 0 aliphatic carbocycles. The third-order valence-electron chi connectivity index (χ3n) is 4.00. The fourth-order valence-electron chi connectivity index (χ4n) is 2.49. The number of aryl methyl sites for hydroxylation is 1. The van der Waals surface area contributed by atoms with Gasteiger partial charge in [0.25, 0.3) is 0 Å². The zero-order valence-electron chi connectivity index (χ0n) is 17.3. The van der Waals surface area contributed by atoms with Crippen molar-refractivity contribution in [3.63, 3.8) is 0 Å². The minimum absolute atomic E-state index is 0.00841. The van der Waals surface area contributed by atoms with E-state index < -0.39 is 17.9 Å². The molecule has 0 aliphatic rings. The van der Waals surface area contributed by atoms with E-state index in [4.69, 9.17) is 14.2 Å². The van der Waals surface area contributed by atoms with Crippen LogP contribution in [0.15, 0.2) is 80.4 Å². The fourth-order valence-corrected chi connectivity index (χ4v) is 2.49. The number of hydrogen-bond acceptors (Lipinski definition) is 7. The van der Waals surface area contributed by atoms with Crippen LogP contribution in [0.2, 0.25) is 0 Å². The van der Waals surface area contributed by atoms with E-state index in [9.17, 15) is 19.2 Å². The molecule has 0 atom stereocenters. The summed E-state index contributed by atoms with van der Waals surface area (Å²) in [5.74, 6) is -2.08. The zero-order chi connectivity index (χ0) is 23.7. The van der Waals surface area contributed by atoms with E-state index in [2.05, 4.69) is 19.7 Å². The summed E-state index contributed by atoms with van der Waals surface area (Å²) >= 11 is 0. The van der Waals surface area contributed by atoms with Crippen LogP contribution in [0.1, 0.15) is 21.5 Å². The molecule has 7 nitrogen and oxygen atoms in total. The first-order chi connectivity index (χ1) is 15.3. The van der Waals surface area contributed by atoms with Crippen LogP contribution >= 0.6 is 0 Å². The van der Waals surface area contributed by atoms with Crippen LogP contribution in [0.3, 0.4) is 0 Å². The molecule has 0 radical (unpaired) electrons. The van der Waals surface area contributed by atoms with Gasteiger partial charge in [-0.25, -0.2) is 14.4 Å². The maximum absolute atomic E-state index is 12.6. The van der Waals surface area contributed by atoms with E-state index in [1.165, 1.54) is 30.4 Å². The van der Waals surface area contributed by atoms with Crippen molar-refractivity contribution in [2.45, 2.75) is 6.92 Å². The Morgan fingerprint density at radius 3 is 1.94 bits per heavy atom. The van der Waals surface area contributed by atoms with Gasteiger partial charge in [0, 0.05) is 23.8 Å². The number of benzene rings is 2. The lowest BCUT2D eigenvalue weighted by molar-refractivity contribution is -0.131. The third-order valence-corrected chi connectivity index (χ3v) is 4.00. The summed E-state index contributed by atoms with van der Waals surface area (Å²) in [6, 6.07) is 9.05. The summed E-state index contributed by atoms with van der Waals surface area (Å²) in [6.07, 6.45) is 5.82. The van der Waals surface area contributed by atoms with Gasteiger partial charge in [-0.05, 0) is 54.5 Å². The zero-order valence-corrected chi connectivity index (χ0v) is 17.3.